The molecule has 0 aliphatic rings. The van der Waals surface area contributed by atoms with Crippen LogP contribution < -0.4 is 10.2 Å². The molecule has 0 amide bonds. The van der Waals surface area contributed by atoms with Crippen LogP contribution in [0, 0.1) is 21.4 Å². The highest BCUT2D eigenvalue weighted by atomic mass is 16.6. The van der Waals surface area contributed by atoms with Crippen molar-refractivity contribution in [2.45, 2.75) is 32.7 Å². The molecular formula is C12H18N6O2. The normalized spacial score (nSPS) is 11.5. The van der Waals surface area contributed by atoms with E-state index in [1.807, 2.05) is 19.9 Å². The van der Waals surface area contributed by atoms with Crippen molar-refractivity contribution in [1.82, 2.24) is 9.97 Å². The van der Waals surface area contributed by atoms with Gasteiger partial charge in [-0.25, -0.2) is 9.97 Å². The molecule has 0 aliphatic carbocycles. The fraction of sp³-hybridized carbons (Fsp3) is 0.583. The fourth-order valence-electron chi connectivity index (χ4n) is 1.65. The molecule has 0 saturated carbocycles. The monoisotopic (exact) mass is 278 g/mol. The van der Waals surface area contributed by atoms with Gasteiger partial charge in [-0.15, -0.1) is 0 Å². The van der Waals surface area contributed by atoms with Crippen LogP contribution in [0.25, 0.3) is 0 Å². The molecule has 0 fully saturated rings. The maximum absolute atomic E-state index is 11.3. The first-order valence-corrected chi connectivity index (χ1v) is 6.35. The smallest absolute Gasteiger partial charge is 0.353 e. The summed E-state index contributed by atoms with van der Waals surface area (Å²) in [7, 11) is 1.68. The van der Waals surface area contributed by atoms with Gasteiger partial charge in [0.25, 0.3) is 0 Å². The molecule has 20 heavy (non-hydrogen) atoms. The van der Waals surface area contributed by atoms with Crippen LogP contribution in [0.15, 0.2) is 6.33 Å². The first-order chi connectivity index (χ1) is 9.52. The molecular weight excluding hydrogens is 260 g/mol. The van der Waals surface area contributed by atoms with Gasteiger partial charge in [-0.3, -0.25) is 10.1 Å². The summed E-state index contributed by atoms with van der Waals surface area (Å²) in [5.41, 5.74) is -0.159. The Bertz CT molecular complexity index is 513. The highest BCUT2D eigenvalue weighted by molar-refractivity contribution is 5.70. The molecule has 0 saturated heterocycles. The second-order valence-electron chi connectivity index (χ2n) is 4.40. The molecule has 8 heteroatoms. The van der Waals surface area contributed by atoms with Gasteiger partial charge < -0.3 is 10.2 Å². The number of nitro groups is 1. The average Bonchev–Trinajstić information content (AvgIpc) is 2.43. The van der Waals surface area contributed by atoms with Gasteiger partial charge in [0.05, 0.1) is 17.4 Å². The number of nitrogens with one attached hydrogen (secondary N) is 1. The van der Waals surface area contributed by atoms with E-state index >= 15 is 0 Å². The highest BCUT2D eigenvalue weighted by Crippen LogP contribution is 2.32. The largest absolute Gasteiger partial charge is 0.364 e. The SMILES string of the molecule is CCCNc1ncnc(N(C)C(C)CC#N)c1[N+](=O)[O-]. The van der Waals surface area contributed by atoms with Crippen molar-refractivity contribution < 1.29 is 4.92 Å². The number of anilines is 2. The molecule has 108 valence electrons. The Labute approximate surface area is 117 Å². The van der Waals surface area contributed by atoms with Gasteiger partial charge in [0.2, 0.25) is 11.6 Å². The van der Waals surface area contributed by atoms with Gasteiger partial charge in [-0.1, -0.05) is 6.92 Å². The summed E-state index contributed by atoms with van der Waals surface area (Å²) >= 11 is 0. The second-order valence-corrected chi connectivity index (χ2v) is 4.40. The maximum Gasteiger partial charge on any atom is 0.353 e. The summed E-state index contributed by atoms with van der Waals surface area (Å²) in [4.78, 5) is 20.3. The number of nitrogens with zero attached hydrogens (tertiary/aromatic N) is 5. The van der Waals surface area contributed by atoms with Crippen LogP contribution in [0.2, 0.25) is 0 Å². The van der Waals surface area contributed by atoms with E-state index < -0.39 is 4.92 Å². The third kappa shape index (κ3) is 3.54. The van der Waals surface area contributed by atoms with Crippen molar-refractivity contribution in [1.29, 1.82) is 5.26 Å². The third-order valence-corrected chi connectivity index (χ3v) is 2.91. The molecule has 0 aromatic carbocycles. The number of rotatable bonds is 7. The standard InChI is InChI=1S/C12H18N6O2/c1-4-7-14-11-10(18(19)20)12(16-8-15-11)17(3)9(2)5-6-13/h8-9H,4-5,7H2,1-3H3,(H,14,15,16). The molecule has 1 unspecified atom stereocenters. The van der Waals surface area contributed by atoms with E-state index in [-0.39, 0.29) is 29.8 Å². The Morgan fingerprint density at radius 3 is 2.85 bits per heavy atom. The zero-order valence-electron chi connectivity index (χ0n) is 11.8. The van der Waals surface area contributed by atoms with Gasteiger partial charge in [-0.2, -0.15) is 5.26 Å². The van der Waals surface area contributed by atoms with Crippen LogP contribution in [-0.4, -0.2) is 34.5 Å². The molecule has 0 aliphatic heterocycles. The van der Waals surface area contributed by atoms with E-state index in [1.165, 1.54) is 6.33 Å². The molecule has 0 radical (unpaired) electrons. The molecule has 1 rings (SSSR count). The summed E-state index contributed by atoms with van der Waals surface area (Å²) in [6.07, 6.45) is 2.38. The van der Waals surface area contributed by atoms with Gasteiger partial charge in [-0.05, 0) is 13.3 Å². The second kappa shape index (κ2) is 7.23. The quantitative estimate of drug-likeness (QED) is 0.599. The summed E-state index contributed by atoms with van der Waals surface area (Å²) in [6, 6.07) is 1.87. The zero-order chi connectivity index (χ0) is 15.1. The van der Waals surface area contributed by atoms with E-state index in [9.17, 15) is 10.1 Å². The molecule has 8 nitrogen and oxygen atoms in total. The topological polar surface area (TPSA) is 108 Å². The third-order valence-electron chi connectivity index (χ3n) is 2.91. The van der Waals surface area contributed by atoms with E-state index in [1.54, 1.807) is 11.9 Å². The van der Waals surface area contributed by atoms with Crippen molar-refractivity contribution in [2.75, 3.05) is 23.8 Å². The van der Waals surface area contributed by atoms with E-state index in [2.05, 4.69) is 15.3 Å². The minimum absolute atomic E-state index is 0.159. The number of hydrogen-bond acceptors (Lipinski definition) is 7. The van der Waals surface area contributed by atoms with Gasteiger partial charge >= 0.3 is 5.69 Å². The van der Waals surface area contributed by atoms with Crippen molar-refractivity contribution in [3.8, 4) is 6.07 Å². The van der Waals surface area contributed by atoms with Crippen LogP contribution in [0.3, 0.4) is 0 Å². The Morgan fingerprint density at radius 1 is 1.60 bits per heavy atom. The minimum Gasteiger partial charge on any atom is -0.364 e. The molecule has 1 N–H and O–H groups in total. The van der Waals surface area contributed by atoms with Crippen LogP contribution in [0.4, 0.5) is 17.3 Å². The van der Waals surface area contributed by atoms with Crippen LogP contribution in [0.5, 0.6) is 0 Å². The Hall–Kier alpha value is -2.43. The number of aromatic nitrogens is 2. The van der Waals surface area contributed by atoms with E-state index in [0.717, 1.165) is 6.42 Å². The van der Waals surface area contributed by atoms with Gasteiger partial charge in [0.1, 0.15) is 6.33 Å². The lowest BCUT2D eigenvalue weighted by atomic mass is 10.2. The lowest BCUT2D eigenvalue weighted by Gasteiger charge is -2.23. The number of nitriles is 1. The minimum atomic E-state index is -0.497. The van der Waals surface area contributed by atoms with Crippen LogP contribution in [-0.2, 0) is 0 Å². The molecule has 1 aromatic heterocycles. The summed E-state index contributed by atoms with van der Waals surface area (Å²) in [5, 5.41) is 22.9. The molecule has 0 bridgehead atoms. The molecule has 1 aromatic rings. The van der Waals surface area contributed by atoms with Gasteiger partial charge in [0.15, 0.2) is 0 Å². The molecule has 1 atom stereocenters. The van der Waals surface area contributed by atoms with Crippen molar-refractivity contribution in [3.05, 3.63) is 16.4 Å². The highest BCUT2D eigenvalue weighted by Gasteiger charge is 2.27. The average molecular weight is 278 g/mol. The first-order valence-electron chi connectivity index (χ1n) is 6.35. The summed E-state index contributed by atoms with van der Waals surface area (Å²) in [5.74, 6) is 0.421. The van der Waals surface area contributed by atoms with Crippen LogP contribution in [0.1, 0.15) is 26.7 Å². The Kier molecular flexibility index (Phi) is 5.65. The van der Waals surface area contributed by atoms with Crippen LogP contribution >= 0.6 is 0 Å². The van der Waals surface area contributed by atoms with Gasteiger partial charge in [0, 0.05) is 19.6 Å². The zero-order valence-corrected chi connectivity index (χ0v) is 11.8. The molecule has 1 heterocycles. The predicted molar refractivity (Wildman–Crippen MR) is 75.6 cm³/mol. The summed E-state index contributed by atoms with van der Waals surface area (Å²) < 4.78 is 0. The first kappa shape index (κ1) is 15.6. The van der Waals surface area contributed by atoms with Crippen molar-refractivity contribution >= 4 is 17.3 Å². The van der Waals surface area contributed by atoms with Crippen molar-refractivity contribution in [3.63, 3.8) is 0 Å². The summed E-state index contributed by atoms with van der Waals surface area (Å²) in [6.45, 7) is 4.37. The Morgan fingerprint density at radius 2 is 2.30 bits per heavy atom. The van der Waals surface area contributed by atoms with E-state index in [0.29, 0.717) is 6.54 Å². The number of hydrogen-bond donors (Lipinski definition) is 1. The molecule has 0 spiro atoms. The maximum atomic E-state index is 11.3. The Balaban J connectivity index is 3.18. The lowest BCUT2D eigenvalue weighted by molar-refractivity contribution is -0.383. The van der Waals surface area contributed by atoms with E-state index in [4.69, 9.17) is 5.26 Å². The predicted octanol–water partition coefficient (Wildman–Crippen LogP) is 1.95. The fourth-order valence-corrected chi connectivity index (χ4v) is 1.65. The lowest BCUT2D eigenvalue weighted by Crippen LogP contribution is -2.30. The van der Waals surface area contributed by atoms with Crippen molar-refractivity contribution in [2.24, 2.45) is 0 Å².